The summed E-state index contributed by atoms with van der Waals surface area (Å²) in [6.45, 7) is 10.9. The van der Waals surface area contributed by atoms with Crippen LogP contribution in [-0.2, 0) is 28.5 Å². The summed E-state index contributed by atoms with van der Waals surface area (Å²) in [5.74, 6) is -1.43. The van der Waals surface area contributed by atoms with Crippen molar-refractivity contribution in [3.8, 4) is 6.07 Å². The van der Waals surface area contributed by atoms with E-state index in [1.807, 2.05) is 33.8 Å². The van der Waals surface area contributed by atoms with Crippen molar-refractivity contribution in [2.45, 2.75) is 71.7 Å². The standard InChI is InChI=1S/C24H42N2O6/c1-6-29-18(2)15-30-19(3)16-31-20(4)17-32-24(27)23(14-25)21-9-7-10-22(13-21)26-11-8-12-28-5/h13,18-21,23,26H,6-12,15-17H2,1-5H3. The lowest BCUT2D eigenvalue weighted by Crippen LogP contribution is -2.31. The number of allylic oxidation sites excluding steroid dienone is 2. The highest BCUT2D eigenvalue weighted by Crippen LogP contribution is 2.28. The zero-order chi connectivity index (χ0) is 23.8. The highest BCUT2D eigenvalue weighted by Gasteiger charge is 2.30. The number of hydrogen-bond donors (Lipinski definition) is 1. The van der Waals surface area contributed by atoms with Crippen molar-refractivity contribution in [1.29, 1.82) is 5.26 Å². The summed E-state index contributed by atoms with van der Waals surface area (Å²) in [5, 5.41) is 13.0. The Labute approximate surface area is 193 Å². The Morgan fingerprint density at radius 2 is 1.81 bits per heavy atom. The van der Waals surface area contributed by atoms with Crippen molar-refractivity contribution < 1.29 is 28.5 Å². The second kappa shape index (κ2) is 16.9. The van der Waals surface area contributed by atoms with Crippen molar-refractivity contribution in [2.75, 3.05) is 46.7 Å². The van der Waals surface area contributed by atoms with Gasteiger partial charge in [-0.15, -0.1) is 0 Å². The molecule has 32 heavy (non-hydrogen) atoms. The van der Waals surface area contributed by atoms with Crippen LogP contribution < -0.4 is 5.32 Å². The average molecular weight is 455 g/mol. The molecule has 1 rings (SSSR count). The number of ether oxygens (including phenoxy) is 5. The van der Waals surface area contributed by atoms with Gasteiger partial charge < -0.3 is 29.0 Å². The van der Waals surface area contributed by atoms with E-state index in [2.05, 4.69) is 11.4 Å². The molecule has 8 heteroatoms. The molecule has 0 radical (unpaired) electrons. The van der Waals surface area contributed by atoms with E-state index in [1.165, 1.54) is 0 Å². The molecular formula is C24H42N2O6. The Hall–Kier alpha value is -1.66. The maximum Gasteiger partial charge on any atom is 0.324 e. The van der Waals surface area contributed by atoms with Crippen molar-refractivity contribution in [1.82, 2.24) is 5.32 Å². The minimum Gasteiger partial charge on any atom is -0.462 e. The zero-order valence-electron chi connectivity index (χ0n) is 20.4. The van der Waals surface area contributed by atoms with E-state index >= 15 is 0 Å². The summed E-state index contributed by atoms with van der Waals surface area (Å²) in [6.07, 6.45) is 5.28. The summed E-state index contributed by atoms with van der Waals surface area (Å²) < 4.78 is 27.3. The van der Waals surface area contributed by atoms with Crippen LogP contribution in [0.5, 0.6) is 0 Å². The first kappa shape index (κ1) is 28.4. The van der Waals surface area contributed by atoms with Crippen LogP contribution in [0.2, 0.25) is 0 Å². The number of nitrogens with zero attached hydrogens (tertiary/aromatic N) is 1. The Morgan fingerprint density at radius 1 is 1.16 bits per heavy atom. The third-order valence-corrected chi connectivity index (χ3v) is 5.24. The van der Waals surface area contributed by atoms with Crippen LogP contribution in [0.15, 0.2) is 11.8 Å². The summed E-state index contributed by atoms with van der Waals surface area (Å²) in [4.78, 5) is 12.6. The third kappa shape index (κ3) is 11.8. The van der Waals surface area contributed by atoms with Gasteiger partial charge >= 0.3 is 5.97 Å². The van der Waals surface area contributed by atoms with Gasteiger partial charge in [-0.2, -0.15) is 5.26 Å². The number of carbonyl (C=O) groups is 1. The summed E-state index contributed by atoms with van der Waals surface area (Å²) in [6, 6.07) is 2.14. The van der Waals surface area contributed by atoms with E-state index in [0.717, 1.165) is 37.9 Å². The average Bonchev–Trinajstić information content (AvgIpc) is 2.78. The first-order valence-corrected chi connectivity index (χ1v) is 11.8. The van der Waals surface area contributed by atoms with Crippen LogP contribution in [-0.4, -0.2) is 71.0 Å². The molecular weight excluding hydrogens is 412 g/mol. The molecule has 0 spiro atoms. The number of rotatable bonds is 17. The SMILES string of the molecule is CCOC(C)COC(C)COC(C)COC(=O)C(C#N)C1C=C(NCCCOC)CCC1. The molecule has 0 heterocycles. The van der Waals surface area contributed by atoms with Crippen LogP contribution in [0.25, 0.3) is 0 Å². The molecule has 0 aromatic carbocycles. The highest BCUT2D eigenvalue weighted by molar-refractivity contribution is 5.76. The molecule has 1 aliphatic carbocycles. The highest BCUT2D eigenvalue weighted by atomic mass is 16.6. The summed E-state index contributed by atoms with van der Waals surface area (Å²) >= 11 is 0. The zero-order valence-corrected chi connectivity index (χ0v) is 20.4. The van der Waals surface area contributed by atoms with Gasteiger partial charge in [0.25, 0.3) is 0 Å². The lowest BCUT2D eigenvalue weighted by molar-refractivity contribution is -0.152. The van der Waals surface area contributed by atoms with Gasteiger partial charge in [-0.25, -0.2) is 0 Å². The molecule has 5 unspecified atom stereocenters. The maximum atomic E-state index is 12.6. The predicted molar refractivity (Wildman–Crippen MR) is 122 cm³/mol. The quantitative estimate of drug-likeness (QED) is 0.264. The molecule has 0 aliphatic heterocycles. The molecule has 8 nitrogen and oxygen atoms in total. The van der Waals surface area contributed by atoms with Gasteiger partial charge in [0.05, 0.1) is 37.6 Å². The van der Waals surface area contributed by atoms with Crippen LogP contribution in [0.1, 0.15) is 53.4 Å². The Kier molecular flexibility index (Phi) is 15.0. The number of carbonyl (C=O) groups excluding carboxylic acids is 1. The van der Waals surface area contributed by atoms with E-state index in [-0.39, 0.29) is 30.8 Å². The van der Waals surface area contributed by atoms with Crippen LogP contribution in [0, 0.1) is 23.2 Å². The molecule has 0 aromatic rings. The number of nitriles is 1. The van der Waals surface area contributed by atoms with E-state index in [0.29, 0.717) is 26.4 Å². The lowest BCUT2D eigenvalue weighted by Gasteiger charge is -2.25. The second-order valence-electron chi connectivity index (χ2n) is 8.31. The van der Waals surface area contributed by atoms with Gasteiger partial charge in [0.1, 0.15) is 12.5 Å². The Morgan fingerprint density at radius 3 is 2.44 bits per heavy atom. The molecule has 0 saturated carbocycles. The lowest BCUT2D eigenvalue weighted by atomic mass is 9.84. The molecule has 0 bridgehead atoms. The smallest absolute Gasteiger partial charge is 0.324 e. The van der Waals surface area contributed by atoms with Gasteiger partial charge in [-0.3, -0.25) is 4.79 Å². The van der Waals surface area contributed by atoms with Crippen LogP contribution >= 0.6 is 0 Å². The first-order valence-electron chi connectivity index (χ1n) is 11.8. The van der Waals surface area contributed by atoms with Gasteiger partial charge in [-0.05, 0) is 53.4 Å². The van der Waals surface area contributed by atoms with Gasteiger partial charge in [0, 0.05) is 38.5 Å². The maximum absolute atomic E-state index is 12.6. The van der Waals surface area contributed by atoms with E-state index in [9.17, 15) is 10.1 Å². The molecule has 5 atom stereocenters. The molecule has 0 aromatic heterocycles. The Balaban J connectivity index is 2.38. The van der Waals surface area contributed by atoms with Crippen molar-refractivity contribution in [3.63, 3.8) is 0 Å². The topological polar surface area (TPSA) is 99.0 Å². The fourth-order valence-electron chi connectivity index (χ4n) is 3.47. The number of esters is 1. The van der Waals surface area contributed by atoms with Gasteiger partial charge in [-0.1, -0.05) is 6.08 Å². The minimum atomic E-state index is -0.805. The fourth-order valence-corrected chi connectivity index (χ4v) is 3.47. The number of methoxy groups -OCH3 is 1. The molecule has 1 aliphatic rings. The van der Waals surface area contributed by atoms with E-state index in [4.69, 9.17) is 23.7 Å². The van der Waals surface area contributed by atoms with E-state index < -0.39 is 11.9 Å². The van der Waals surface area contributed by atoms with Gasteiger partial charge in [0.2, 0.25) is 0 Å². The van der Waals surface area contributed by atoms with E-state index in [1.54, 1.807) is 7.11 Å². The summed E-state index contributed by atoms with van der Waals surface area (Å²) in [7, 11) is 1.68. The van der Waals surface area contributed by atoms with Crippen LogP contribution in [0.4, 0.5) is 0 Å². The minimum absolute atomic E-state index is 0.0404. The molecule has 0 amide bonds. The number of nitrogens with one attached hydrogen (secondary N) is 1. The van der Waals surface area contributed by atoms with Crippen LogP contribution in [0.3, 0.4) is 0 Å². The molecule has 1 N–H and O–H groups in total. The molecule has 0 saturated heterocycles. The number of hydrogen-bond acceptors (Lipinski definition) is 8. The predicted octanol–water partition coefficient (Wildman–Crippen LogP) is 3.21. The van der Waals surface area contributed by atoms with Gasteiger partial charge in [0.15, 0.2) is 0 Å². The molecule has 0 fully saturated rings. The Bertz CT molecular complexity index is 592. The second-order valence-corrected chi connectivity index (χ2v) is 8.31. The fraction of sp³-hybridized carbons (Fsp3) is 0.833. The normalized spacial score (nSPS) is 19.9. The molecule has 184 valence electrons. The van der Waals surface area contributed by atoms with Crippen molar-refractivity contribution >= 4 is 5.97 Å². The van der Waals surface area contributed by atoms with Crippen molar-refractivity contribution in [2.24, 2.45) is 11.8 Å². The third-order valence-electron chi connectivity index (χ3n) is 5.24. The monoisotopic (exact) mass is 454 g/mol. The first-order chi connectivity index (χ1) is 15.4. The largest absolute Gasteiger partial charge is 0.462 e. The summed E-state index contributed by atoms with van der Waals surface area (Å²) in [5.41, 5.74) is 1.09. The van der Waals surface area contributed by atoms with Crippen molar-refractivity contribution in [3.05, 3.63) is 11.8 Å².